The van der Waals surface area contributed by atoms with E-state index in [0.717, 1.165) is 43.6 Å². The zero-order chi connectivity index (χ0) is 14.6. The Morgan fingerprint density at radius 1 is 1.40 bits per heavy atom. The van der Waals surface area contributed by atoms with Crippen molar-refractivity contribution < 1.29 is 14.2 Å². The summed E-state index contributed by atoms with van der Waals surface area (Å²) in [6.07, 6.45) is 0. The molecular weight excluding hydrogens is 340 g/mol. The van der Waals surface area contributed by atoms with E-state index in [1.807, 2.05) is 4.68 Å². The second kappa shape index (κ2) is 7.01. The predicted octanol–water partition coefficient (Wildman–Crippen LogP) is 1.61. The Kier molecular flexibility index (Phi) is 5.59. The van der Waals surface area contributed by atoms with Crippen LogP contribution in [-0.4, -0.2) is 51.1 Å². The Bertz CT molecular complexity index is 430. The number of aromatic amines is 1. The number of hydrogen-bond donors (Lipinski definition) is 1. The van der Waals surface area contributed by atoms with E-state index >= 15 is 0 Å². The predicted molar refractivity (Wildman–Crippen MR) is 83.6 cm³/mol. The van der Waals surface area contributed by atoms with Crippen LogP contribution >= 0.6 is 15.9 Å². The number of nitrogens with one attached hydrogen (secondary N) is 1. The van der Waals surface area contributed by atoms with Gasteiger partial charge in [0.2, 0.25) is 0 Å². The first-order chi connectivity index (χ1) is 9.46. The van der Waals surface area contributed by atoms with Gasteiger partial charge >= 0.3 is 5.95 Å². The molecule has 0 aromatic carbocycles. The molecule has 0 saturated carbocycles. The van der Waals surface area contributed by atoms with Gasteiger partial charge in [-0.05, 0) is 11.0 Å². The Morgan fingerprint density at radius 2 is 2.10 bits per heavy atom. The number of H-pyrrole nitrogens is 1. The van der Waals surface area contributed by atoms with Crippen molar-refractivity contribution in [2.24, 2.45) is 0 Å². The number of nitrogens with zero attached hydrogens (tertiary/aromatic N) is 3. The van der Waals surface area contributed by atoms with Crippen LogP contribution in [0.25, 0.3) is 0 Å². The number of rotatable bonds is 6. The van der Waals surface area contributed by atoms with Crippen LogP contribution in [0.4, 0.5) is 5.95 Å². The van der Waals surface area contributed by atoms with Gasteiger partial charge in [-0.3, -0.25) is 4.90 Å². The van der Waals surface area contributed by atoms with Crippen molar-refractivity contribution in [2.75, 3.05) is 37.8 Å². The third-order valence-electron chi connectivity index (χ3n) is 3.18. The molecular formula is C12H24BrN4O2Si+. The average molecular weight is 364 g/mol. The van der Waals surface area contributed by atoms with E-state index in [1.165, 1.54) is 6.04 Å². The van der Waals surface area contributed by atoms with Crippen LogP contribution in [0.5, 0.6) is 0 Å². The first kappa shape index (κ1) is 15.9. The lowest BCUT2D eigenvalue weighted by atomic mass is 10.4. The second-order valence-electron chi connectivity index (χ2n) is 6.19. The maximum absolute atomic E-state index is 5.79. The minimum Gasteiger partial charge on any atom is -0.375 e. The molecule has 0 atom stereocenters. The summed E-state index contributed by atoms with van der Waals surface area (Å²) in [6, 6.07) is 1.18. The first-order valence-corrected chi connectivity index (χ1v) is 11.5. The van der Waals surface area contributed by atoms with Crippen LogP contribution in [0.15, 0.2) is 4.73 Å². The lowest BCUT2D eigenvalue weighted by molar-refractivity contribution is -0.772. The number of morpholine rings is 1. The summed E-state index contributed by atoms with van der Waals surface area (Å²) in [5.74, 6) is 0.910. The van der Waals surface area contributed by atoms with Gasteiger partial charge in [-0.1, -0.05) is 19.6 Å². The molecule has 8 heteroatoms. The van der Waals surface area contributed by atoms with Gasteiger partial charge in [-0.15, -0.1) is 4.68 Å². The van der Waals surface area contributed by atoms with Crippen LogP contribution in [0.1, 0.15) is 0 Å². The van der Waals surface area contributed by atoms with Gasteiger partial charge in [0.25, 0.3) is 4.73 Å². The van der Waals surface area contributed by atoms with Crippen molar-refractivity contribution in [3.05, 3.63) is 4.73 Å². The van der Waals surface area contributed by atoms with Crippen LogP contribution in [-0.2, 0) is 16.2 Å². The first-order valence-electron chi connectivity index (χ1n) is 7.01. The molecule has 0 spiro atoms. The molecule has 114 valence electrons. The third-order valence-corrected chi connectivity index (χ3v) is 5.24. The average Bonchev–Trinajstić information content (AvgIpc) is 2.76. The second-order valence-corrected chi connectivity index (χ2v) is 12.6. The third kappa shape index (κ3) is 4.83. The minimum absolute atomic E-state index is 0.510. The van der Waals surface area contributed by atoms with Crippen LogP contribution in [0.3, 0.4) is 0 Å². The van der Waals surface area contributed by atoms with E-state index < -0.39 is 8.07 Å². The number of ether oxygens (including phenoxy) is 2. The molecule has 0 amide bonds. The molecule has 20 heavy (non-hydrogen) atoms. The highest BCUT2D eigenvalue weighted by molar-refractivity contribution is 9.10. The van der Waals surface area contributed by atoms with E-state index in [9.17, 15) is 0 Å². The van der Waals surface area contributed by atoms with Gasteiger partial charge in [-0.2, -0.15) is 0 Å². The smallest absolute Gasteiger partial charge is 0.375 e. The van der Waals surface area contributed by atoms with Crippen molar-refractivity contribution in [3.8, 4) is 0 Å². The Morgan fingerprint density at radius 3 is 2.75 bits per heavy atom. The Hall–Kier alpha value is -0.443. The fourth-order valence-corrected chi connectivity index (χ4v) is 3.09. The highest BCUT2D eigenvalue weighted by Crippen LogP contribution is 2.11. The van der Waals surface area contributed by atoms with Gasteiger partial charge in [0.15, 0.2) is 6.73 Å². The quantitative estimate of drug-likeness (QED) is 0.473. The molecule has 1 N–H and O–H groups in total. The Balaban J connectivity index is 1.90. The van der Waals surface area contributed by atoms with E-state index in [-0.39, 0.29) is 0 Å². The van der Waals surface area contributed by atoms with Gasteiger partial charge < -0.3 is 9.47 Å². The van der Waals surface area contributed by atoms with Gasteiger partial charge in [-0.25, -0.2) is 5.10 Å². The molecule has 1 aromatic heterocycles. The zero-order valence-corrected chi connectivity index (χ0v) is 15.1. The summed E-state index contributed by atoms with van der Waals surface area (Å²) in [7, 11) is -1.03. The van der Waals surface area contributed by atoms with Crippen molar-refractivity contribution in [2.45, 2.75) is 32.4 Å². The molecule has 2 heterocycles. The molecule has 2 rings (SSSR count). The normalized spacial score (nSPS) is 16.7. The molecule has 1 aromatic rings. The highest BCUT2D eigenvalue weighted by Gasteiger charge is 2.26. The maximum atomic E-state index is 5.79. The molecule has 6 nitrogen and oxygen atoms in total. The summed E-state index contributed by atoms with van der Waals surface area (Å²) in [4.78, 5) is 6.70. The largest absolute Gasteiger partial charge is 0.416 e. The SMILES string of the molecule is C[Si](C)(C)CCOC[n+]1[nH]c(Br)nc1N1CCOCC1. The molecule has 1 saturated heterocycles. The van der Waals surface area contributed by atoms with Crippen molar-refractivity contribution in [3.63, 3.8) is 0 Å². The van der Waals surface area contributed by atoms with Crippen molar-refractivity contribution >= 4 is 30.0 Å². The van der Waals surface area contributed by atoms with Crippen molar-refractivity contribution in [1.29, 1.82) is 0 Å². The lowest BCUT2D eigenvalue weighted by Gasteiger charge is -2.21. The number of hydrogen-bond acceptors (Lipinski definition) is 4. The molecule has 0 radical (unpaired) electrons. The highest BCUT2D eigenvalue weighted by atomic mass is 79.9. The molecule has 1 aliphatic rings. The standard InChI is InChI=1S/C12H23BrN4O2Si/c1-20(2,3)9-8-19-10-17-12(14-11(13)15-17)16-4-6-18-7-5-16/h4-10H2,1-3H3/p+1. The Labute approximate surface area is 129 Å². The summed E-state index contributed by atoms with van der Waals surface area (Å²) < 4.78 is 13.8. The molecule has 0 bridgehead atoms. The molecule has 1 aliphatic heterocycles. The fourth-order valence-electron chi connectivity index (χ4n) is 1.96. The van der Waals surface area contributed by atoms with Crippen molar-refractivity contribution in [1.82, 2.24) is 10.1 Å². The fraction of sp³-hybridized carbons (Fsp3) is 0.833. The maximum Gasteiger partial charge on any atom is 0.416 e. The zero-order valence-electron chi connectivity index (χ0n) is 12.5. The number of halogens is 1. The molecule has 0 aliphatic carbocycles. The minimum atomic E-state index is -1.03. The molecule has 0 unspecified atom stereocenters. The summed E-state index contributed by atoms with van der Waals surface area (Å²) in [5.41, 5.74) is 0. The van der Waals surface area contributed by atoms with Gasteiger partial charge in [0, 0.05) is 30.6 Å². The topological polar surface area (TPSA) is 54.3 Å². The number of anilines is 1. The van der Waals surface area contributed by atoms with Crippen LogP contribution in [0, 0.1) is 0 Å². The molecule has 1 fully saturated rings. The summed E-state index contributed by atoms with van der Waals surface area (Å²) >= 11 is 3.40. The van der Waals surface area contributed by atoms with E-state index in [2.05, 4.69) is 50.6 Å². The van der Waals surface area contributed by atoms with Crippen LogP contribution in [0.2, 0.25) is 25.7 Å². The van der Waals surface area contributed by atoms with E-state index in [4.69, 9.17) is 9.47 Å². The summed E-state index contributed by atoms with van der Waals surface area (Å²) in [5, 5.41) is 3.17. The van der Waals surface area contributed by atoms with E-state index in [0.29, 0.717) is 6.73 Å². The van der Waals surface area contributed by atoms with E-state index in [1.54, 1.807) is 0 Å². The van der Waals surface area contributed by atoms with Crippen LogP contribution < -0.4 is 9.58 Å². The lowest BCUT2D eigenvalue weighted by Crippen LogP contribution is -2.48. The van der Waals surface area contributed by atoms with Gasteiger partial charge in [0.05, 0.1) is 26.3 Å². The monoisotopic (exact) mass is 363 g/mol. The number of aromatic nitrogens is 3. The summed E-state index contributed by atoms with van der Waals surface area (Å²) in [6.45, 7) is 11.6. The van der Waals surface area contributed by atoms with Gasteiger partial charge in [0.1, 0.15) is 0 Å².